The van der Waals surface area contributed by atoms with E-state index in [1.54, 1.807) is 6.07 Å². The topological polar surface area (TPSA) is 64.7 Å². The minimum absolute atomic E-state index is 0.0888. The first kappa shape index (κ1) is 13.7. The Bertz CT molecular complexity index is 385. The van der Waals surface area contributed by atoms with Gasteiger partial charge >= 0.3 is 0 Å². The van der Waals surface area contributed by atoms with Crippen molar-refractivity contribution < 1.29 is 23.4 Å². The third kappa shape index (κ3) is 2.83. The van der Waals surface area contributed by atoms with Crippen LogP contribution in [-0.2, 0) is 0 Å². The molecule has 6 heteroatoms. The fraction of sp³-hybridized carbons (Fsp3) is 0.455. The number of methoxy groups -OCH3 is 2. The third-order valence-electron chi connectivity index (χ3n) is 2.44. The molecule has 0 spiro atoms. The largest absolute Gasteiger partial charge is 0.497 e. The smallest absolute Gasteiger partial charge is 0.289 e. The maximum absolute atomic E-state index is 13.3. The van der Waals surface area contributed by atoms with Gasteiger partial charge in [-0.1, -0.05) is 0 Å². The Morgan fingerprint density at radius 3 is 2.47 bits per heavy atom. The van der Waals surface area contributed by atoms with Crippen molar-refractivity contribution in [3.8, 4) is 11.5 Å². The van der Waals surface area contributed by atoms with Gasteiger partial charge in [-0.25, -0.2) is 8.78 Å². The number of hydrogen-bond donors (Lipinski definition) is 2. The van der Waals surface area contributed by atoms with E-state index in [9.17, 15) is 8.78 Å². The average Bonchev–Trinajstić information content (AvgIpc) is 2.36. The second-order valence-electron chi connectivity index (χ2n) is 3.50. The van der Waals surface area contributed by atoms with E-state index in [0.29, 0.717) is 5.75 Å². The van der Waals surface area contributed by atoms with E-state index < -0.39 is 18.6 Å². The fourth-order valence-corrected chi connectivity index (χ4v) is 1.41. The molecule has 0 saturated carbocycles. The molecule has 0 amide bonds. The number of hydrogen-bond acceptors (Lipinski definition) is 4. The van der Waals surface area contributed by atoms with Crippen molar-refractivity contribution in [3.05, 3.63) is 23.8 Å². The van der Waals surface area contributed by atoms with Gasteiger partial charge in [-0.05, 0) is 18.2 Å². The Morgan fingerprint density at radius 2 is 2.00 bits per heavy atom. The molecule has 0 aromatic heterocycles. The zero-order valence-corrected chi connectivity index (χ0v) is 9.61. The third-order valence-corrected chi connectivity index (χ3v) is 2.44. The van der Waals surface area contributed by atoms with E-state index in [0.717, 1.165) is 0 Å². The quantitative estimate of drug-likeness (QED) is 0.824. The van der Waals surface area contributed by atoms with Crippen LogP contribution in [0.15, 0.2) is 18.2 Å². The van der Waals surface area contributed by atoms with Crippen LogP contribution in [0.2, 0.25) is 0 Å². The van der Waals surface area contributed by atoms with Crippen LogP contribution >= 0.6 is 0 Å². The Morgan fingerprint density at radius 1 is 1.35 bits per heavy atom. The fourth-order valence-electron chi connectivity index (χ4n) is 1.41. The number of halogens is 2. The van der Waals surface area contributed by atoms with Gasteiger partial charge < -0.3 is 20.3 Å². The molecular weight excluding hydrogens is 232 g/mol. The first-order chi connectivity index (χ1) is 7.96. The van der Waals surface area contributed by atoms with Gasteiger partial charge in [0.2, 0.25) is 0 Å². The number of aliphatic hydroxyl groups is 1. The van der Waals surface area contributed by atoms with Gasteiger partial charge in [0.1, 0.15) is 24.1 Å². The van der Waals surface area contributed by atoms with E-state index in [2.05, 4.69) is 0 Å². The summed E-state index contributed by atoms with van der Waals surface area (Å²) in [6.07, 6.45) is 0. The van der Waals surface area contributed by atoms with Crippen molar-refractivity contribution in [1.29, 1.82) is 0 Å². The van der Waals surface area contributed by atoms with E-state index in [-0.39, 0.29) is 11.3 Å². The lowest BCUT2D eigenvalue weighted by Gasteiger charge is -2.23. The van der Waals surface area contributed by atoms with Gasteiger partial charge in [-0.15, -0.1) is 0 Å². The maximum atomic E-state index is 13.3. The van der Waals surface area contributed by atoms with E-state index in [1.165, 1.54) is 26.4 Å². The van der Waals surface area contributed by atoms with Crippen LogP contribution in [0, 0.1) is 0 Å². The molecule has 0 radical (unpaired) electrons. The summed E-state index contributed by atoms with van der Waals surface area (Å²) in [4.78, 5) is 0. The molecule has 0 heterocycles. The molecule has 1 atom stereocenters. The van der Waals surface area contributed by atoms with Gasteiger partial charge in [0, 0.05) is 5.56 Å². The van der Waals surface area contributed by atoms with Crippen LogP contribution in [0.4, 0.5) is 8.78 Å². The highest BCUT2D eigenvalue weighted by atomic mass is 19.3. The highest BCUT2D eigenvalue weighted by Gasteiger charge is 2.39. The Labute approximate surface area is 97.9 Å². The van der Waals surface area contributed by atoms with Gasteiger partial charge in [-0.3, -0.25) is 0 Å². The average molecular weight is 247 g/mol. The minimum atomic E-state index is -3.42. The second kappa shape index (κ2) is 5.29. The van der Waals surface area contributed by atoms with Crippen LogP contribution < -0.4 is 15.2 Å². The molecule has 0 saturated heterocycles. The molecule has 17 heavy (non-hydrogen) atoms. The van der Waals surface area contributed by atoms with Crippen molar-refractivity contribution in [2.75, 3.05) is 20.8 Å². The van der Waals surface area contributed by atoms with E-state index in [1.807, 2.05) is 0 Å². The summed E-state index contributed by atoms with van der Waals surface area (Å²) in [6.45, 7) is -1.32. The molecule has 0 fully saturated rings. The number of ether oxygens (including phenoxy) is 2. The van der Waals surface area contributed by atoms with E-state index >= 15 is 0 Å². The number of aliphatic hydroxyl groups excluding tert-OH is 1. The minimum Gasteiger partial charge on any atom is -0.497 e. The van der Waals surface area contributed by atoms with Gasteiger partial charge in [0.25, 0.3) is 5.92 Å². The number of alkyl halides is 2. The molecule has 96 valence electrons. The highest BCUT2D eigenvalue weighted by Crippen LogP contribution is 2.36. The standard InChI is InChI=1S/C11H15F2NO3/c1-16-7-3-4-9(17-2)8(5-7)10(14)11(12,13)6-15/h3-5,10,15H,6,14H2,1-2H3/t10-/m1/s1. The molecule has 1 aromatic carbocycles. The number of nitrogens with two attached hydrogens (primary N) is 1. The molecule has 0 unspecified atom stereocenters. The Kier molecular flexibility index (Phi) is 4.25. The second-order valence-corrected chi connectivity index (χ2v) is 3.50. The van der Waals surface area contributed by atoms with Crippen LogP contribution in [0.3, 0.4) is 0 Å². The summed E-state index contributed by atoms with van der Waals surface area (Å²) >= 11 is 0. The summed E-state index contributed by atoms with van der Waals surface area (Å²) in [5.74, 6) is -2.80. The van der Waals surface area contributed by atoms with E-state index in [4.69, 9.17) is 20.3 Å². The Hall–Kier alpha value is -1.40. The zero-order valence-electron chi connectivity index (χ0n) is 9.61. The van der Waals surface area contributed by atoms with Crippen molar-refractivity contribution in [1.82, 2.24) is 0 Å². The molecule has 3 N–H and O–H groups in total. The first-order valence-electron chi connectivity index (χ1n) is 4.92. The molecule has 0 aliphatic carbocycles. The van der Waals surface area contributed by atoms with Gasteiger partial charge in [0.15, 0.2) is 0 Å². The molecule has 4 nitrogen and oxygen atoms in total. The zero-order chi connectivity index (χ0) is 13.1. The van der Waals surface area contributed by atoms with Gasteiger partial charge in [-0.2, -0.15) is 0 Å². The summed E-state index contributed by atoms with van der Waals surface area (Å²) in [5, 5.41) is 8.61. The predicted molar refractivity (Wildman–Crippen MR) is 58.5 cm³/mol. The van der Waals surface area contributed by atoms with Crippen molar-refractivity contribution >= 4 is 0 Å². The van der Waals surface area contributed by atoms with Crippen molar-refractivity contribution in [3.63, 3.8) is 0 Å². The Balaban J connectivity index is 3.18. The maximum Gasteiger partial charge on any atom is 0.289 e. The summed E-state index contributed by atoms with van der Waals surface area (Å²) in [7, 11) is 2.77. The summed E-state index contributed by atoms with van der Waals surface area (Å²) in [6, 6.07) is 2.78. The molecule has 1 aromatic rings. The van der Waals surface area contributed by atoms with Crippen molar-refractivity contribution in [2.24, 2.45) is 5.73 Å². The van der Waals surface area contributed by atoms with Crippen LogP contribution in [0.5, 0.6) is 11.5 Å². The molecular formula is C11H15F2NO3. The highest BCUT2D eigenvalue weighted by molar-refractivity contribution is 5.43. The lowest BCUT2D eigenvalue weighted by Crippen LogP contribution is -2.36. The summed E-state index contributed by atoms with van der Waals surface area (Å²) in [5.41, 5.74) is 5.53. The molecule has 0 aliphatic heterocycles. The molecule has 0 bridgehead atoms. The van der Waals surface area contributed by atoms with Crippen LogP contribution in [0.1, 0.15) is 11.6 Å². The van der Waals surface area contributed by atoms with Gasteiger partial charge in [0.05, 0.1) is 14.2 Å². The number of rotatable bonds is 5. The molecule has 1 rings (SSSR count). The lowest BCUT2D eigenvalue weighted by atomic mass is 10.0. The molecule has 0 aliphatic rings. The predicted octanol–water partition coefficient (Wildman–Crippen LogP) is 1.33. The monoisotopic (exact) mass is 247 g/mol. The summed E-state index contributed by atoms with van der Waals surface area (Å²) < 4.78 is 36.5. The van der Waals surface area contributed by atoms with Crippen LogP contribution in [-0.4, -0.2) is 31.9 Å². The number of benzene rings is 1. The first-order valence-corrected chi connectivity index (χ1v) is 4.92. The van der Waals surface area contributed by atoms with Crippen molar-refractivity contribution in [2.45, 2.75) is 12.0 Å². The normalized spacial score (nSPS) is 13.3. The van der Waals surface area contributed by atoms with Crippen LogP contribution in [0.25, 0.3) is 0 Å². The SMILES string of the molecule is COc1ccc(OC)c([C@@H](N)C(F)(F)CO)c1. The lowest BCUT2D eigenvalue weighted by molar-refractivity contribution is -0.0716.